The Morgan fingerprint density at radius 2 is 1.92 bits per heavy atom. The van der Waals surface area contributed by atoms with Gasteiger partial charge in [-0.25, -0.2) is 0 Å². The van der Waals surface area contributed by atoms with Crippen molar-refractivity contribution in [1.82, 2.24) is 0 Å². The van der Waals surface area contributed by atoms with Crippen molar-refractivity contribution in [3.8, 4) is 0 Å². The summed E-state index contributed by atoms with van der Waals surface area (Å²) in [6.45, 7) is 6.66. The predicted molar refractivity (Wildman–Crippen MR) is 58.1 cm³/mol. The Morgan fingerprint density at radius 1 is 1.31 bits per heavy atom. The van der Waals surface area contributed by atoms with Gasteiger partial charge in [-0.2, -0.15) is 0 Å². The van der Waals surface area contributed by atoms with Crippen LogP contribution in [0.3, 0.4) is 0 Å². The lowest BCUT2D eigenvalue weighted by Gasteiger charge is -2.16. The van der Waals surface area contributed by atoms with Gasteiger partial charge in [-0.15, -0.1) is 0 Å². The molecule has 0 fully saturated rings. The van der Waals surface area contributed by atoms with Crippen LogP contribution in [0.15, 0.2) is 0 Å². The Bertz CT molecular complexity index is 149. The van der Waals surface area contributed by atoms with Crippen LogP contribution in [-0.4, -0.2) is 17.9 Å². The largest absolute Gasteiger partial charge is 0.466 e. The fourth-order valence-electron chi connectivity index (χ4n) is 0.867. The SMILES string of the molecule is CC(C)(C)CC(=O)OCCCCBr. The maximum atomic E-state index is 11.2. The lowest BCUT2D eigenvalue weighted by molar-refractivity contribution is -0.145. The number of hydrogen-bond donors (Lipinski definition) is 0. The lowest BCUT2D eigenvalue weighted by atomic mass is 9.92. The average molecular weight is 251 g/mol. The minimum absolute atomic E-state index is 0.0342. The van der Waals surface area contributed by atoms with Gasteiger partial charge in [-0.3, -0.25) is 4.79 Å². The van der Waals surface area contributed by atoms with Crippen molar-refractivity contribution >= 4 is 21.9 Å². The van der Waals surface area contributed by atoms with Crippen LogP contribution in [0.5, 0.6) is 0 Å². The highest BCUT2D eigenvalue weighted by molar-refractivity contribution is 9.09. The van der Waals surface area contributed by atoms with Crippen molar-refractivity contribution in [1.29, 1.82) is 0 Å². The first-order valence-electron chi connectivity index (χ1n) is 4.67. The van der Waals surface area contributed by atoms with E-state index in [1.54, 1.807) is 0 Å². The number of alkyl halides is 1. The number of rotatable bonds is 5. The van der Waals surface area contributed by atoms with Crippen LogP contribution in [0.1, 0.15) is 40.0 Å². The van der Waals surface area contributed by atoms with Crippen LogP contribution in [0, 0.1) is 5.41 Å². The summed E-state index contributed by atoms with van der Waals surface area (Å²) in [6.07, 6.45) is 2.51. The molecule has 0 aromatic carbocycles. The molecule has 0 aliphatic carbocycles. The molecule has 0 saturated carbocycles. The molecule has 3 heteroatoms. The number of halogens is 1. The molecule has 0 amide bonds. The maximum absolute atomic E-state index is 11.2. The predicted octanol–water partition coefficient (Wildman–Crippen LogP) is 3.14. The molecule has 78 valence electrons. The zero-order chi connectivity index (χ0) is 10.3. The molecule has 0 aliphatic rings. The van der Waals surface area contributed by atoms with Gasteiger partial charge in [0.2, 0.25) is 0 Å². The Labute approximate surface area is 89.2 Å². The molecule has 0 N–H and O–H groups in total. The second kappa shape index (κ2) is 6.41. The zero-order valence-corrected chi connectivity index (χ0v) is 10.3. The molecule has 0 radical (unpaired) electrons. The van der Waals surface area contributed by atoms with E-state index in [1.807, 2.05) is 20.8 Å². The van der Waals surface area contributed by atoms with E-state index in [0.717, 1.165) is 18.2 Å². The molecule has 0 atom stereocenters. The van der Waals surface area contributed by atoms with Crippen molar-refractivity contribution in [3.63, 3.8) is 0 Å². The molecule has 0 aromatic heterocycles. The monoisotopic (exact) mass is 250 g/mol. The molecule has 0 aliphatic heterocycles. The number of carbonyl (C=O) groups excluding carboxylic acids is 1. The Kier molecular flexibility index (Phi) is 6.39. The van der Waals surface area contributed by atoms with Crippen molar-refractivity contribution in [3.05, 3.63) is 0 Å². The average Bonchev–Trinajstić information content (AvgIpc) is 1.94. The summed E-state index contributed by atoms with van der Waals surface area (Å²) in [5.41, 5.74) is 0.0342. The van der Waals surface area contributed by atoms with E-state index in [9.17, 15) is 4.79 Å². The van der Waals surface area contributed by atoms with Gasteiger partial charge in [-0.05, 0) is 18.3 Å². The molecule has 0 spiro atoms. The topological polar surface area (TPSA) is 26.3 Å². The Hall–Kier alpha value is -0.0500. The van der Waals surface area contributed by atoms with Crippen LogP contribution in [0.25, 0.3) is 0 Å². The molecular weight excluding hydrogens is 232 g/mol. The fourth-order valence-corrected chi connectivity index (χ4v) is 1.26. The van der Waals surface area contributed by atoms with Crippen molar-refractivity contribution in [2.75, 3.05) is 11.9 Å². The highest BCUT2D eigenvalue weighted by Crippen LogP contribution is 2.18. The smallest absolute Gasteiger partial charge is 0.306 e. The standard InChI is InChI=1S/C10H19BrO2/c1-10(2,3)8-9(12)13-7-5-4-6-11/h4-8H2,1-3H3. The zero-order valence-electron chi connectivity index (χ0n) is 8.73. The summed E-state index contributed by atoms with van der Waals surface area (Å²) in [7, 11) is 0. The van der Waals surface area contributed by atoms with Gasteiger partial charge in [0.15, 0.2) is 0 Å². The van der Waals surface area contributed by atoms with Gasteiger partial charge in [0, 0.05) is 5.33 Å². The van der Waals surface area contributed by atoms with Crippen LogP contribution in [0.2, 0.25) is 0 Å². The van der Waals surface area contributed by atoms with E-state index in [2.05, 4.69) is 15.9 Å². The van der Waals surface area contributed by atoms with Crippen LogP contribution >= 0.6 is 15.9 Å². The third-order valence-electron chi connectivity index (χ3n) is 1.47. The fraction of sp³-hybridized carbons (Fsp3) is 0.900. The van der Waals surface area contributed by atoms with Crippen LogP contribution in [0.4, 0.5) is 0 Å². The summed E-state index contributed by atoms with van der Waals surface area (Å²) in [6, 6.07) is 0. The van der Waals surface area contributed by atoms with Gasteiger partial charge in [0.25, 0.3) is 0 Å². The molecule has 2 nitrogen and oxygen atoms in total. The summed E-state index contributed by atoms with van der Waals surface area (Å²) in [4.78, 5) is 11.2. The second-order valence-electron chi connectivity index (χ2n) is 4.35. The number of hydrogen-bond acceptors (Lipinski definition) is 2. The van der Waals surface area contributed by atoms with Crippen molar-refractivity contribution in [2.45, 2.75) is 40.0 Å². The Morgan fingerprint density at radius 3 is 2.38 bits per heavy atom. The van der Waals surface area contributed by atoms with Gasteiger partial charge >= 0.3 is 5.97 Å². The Balaban J connectivity index is 3.41. The van der Waals surface area contributed by atoms with E-state index in [0.29, 0.717) is 13.0 Å². The quantitative estimate of drug-likeness (QED) is 0.426. The van der Waals surface area contributed by atoms with E-state index < -0.39 is 0 Å². The highest BCUT2D eigenvalue weighted by Gasteiger charge is 2.16. The van der Waals surface area contributed by atoms with E-state index in [4.69, 9.17) is 4.74 Å². The van der Waals surface area contributed by atoms with E-state index in [1.165, 1.54) is 0 Å². The molecule has 0 unspecified atom stereocenters. The second-order valence-corrected chi connectivity index (χ2v) is 5.15. The highest BCUT2D eigenvalue weighted by atomic mass is 79.9. The van der Waals surface area contributed by atoms with E-state index >= 15 is 0 Å². The molecule has 0 heterocycles. The van der Waals surface area contributed by atoms with Gasteiger partial charge in [-0.1, -0.05) is 36.7 Å². The molecule has 0 bridgehead atoms. The minimum Gasteiger partial charge on any atom is -0.466 e. The van der Waals surface area contributed by atoms with Gasteiger partial charge in [0.05, 0.1) is 13.0 Å². The first-order chi connectivity index (χ1) is 5.95. The molecular formula is C10H19BrO2. The van der Waals surface area contributed by atoms with E-state index in [-0.39, 0.29) is 11.4 Å². The number of esters is 1. The molecule has 13 heavy (non-hydrogen) atoms. The number of carbonyl (C=O) groups is 1. The lowest BCUT2D eigenvalue weighted by Crippen LogP contribution is -2.15. The first-order valence-corrected chi connectivity index (χ1v) is 5.79. The van der Waals surface area contributed by atoms with Gasteiger partial charge < -0.3 is 4.74 Å². The van der Waals surface area contributed by atoms with Crippen molar-refractivity contribution < 1.29 is 9.53 Å². The van der Waals surface area contributed by atoms with Crippen LogP contribution < -0.4 is 0 Å². The molecule has 0 aromatic rings. The first kappa shape index (κ1) is 12.9. The third-order valence-corrected chi connectivity index (χ3v) is 2.03. The maximum Gasteiger partial charge on any atom is 0.306 e. The summed E-state index contributed by atoms with van der Waals surface area (Å²) in [5, 5.41) is 0.976. The van der Waals surface area contributed by atoms with Gasteiger partial charge in [0.1, 0.15) is 0 Å². The normalized spacial score (nSPS) is 11.4. The summed E-state index contributed by atoms with van der Waals surface area (Å²) >= 11 is 3.32. The minimum atomic E-state index is -0.0814. The summed E-state index contributed by atoms with van der Waals surface area (Å²) in [5.74, 6) is -0.0814. The number of unbranched alkanes of at least 4 members (excludes halogenated alkanes) is 1. The summed E-state index contributed by atoms with van der Waals surface area (Å²) < 4.78 is 5.06. The molecule has 0 saturated heterocycles. The molecule has 0 rings (SSSR count). The van der Waals surface area contributed by atoms with Crippen molar-refractivity contribution in [2.24, 2.45) is 5.41 Å². The van der Waals surface area contributed by atoms with Crippen LogP contribution in [-0.2, 0) is 9.53 Å². The third kappa shape index (κ3) is 9.87. The number of ether oxygens (including phenoxy) is 1.